The average Bonchev–Trinajstić information content (AvgIpc) is 2.24. The van der Waals surface area contributed by atoms with Crippen LogP contribution in [0.1, 0.15) is 6.42 Å². The van der Waals surface area contributed by atoms with Gasteiger partial charge in [-0.2, -0.15) is 25.3 Å². The Kier molecular flexibility index (Phi) is 9.45. The number of hydrogen-bond donors (Lipinski definition) is 6. The molecule has 22 heavy (non-hydrogen) atoms. The molecule has 12 nitrogen and oxygen atoms in total. The van der Waals surface area contributed by atoms with Gasteiger partial charge >= 0.3 is 29.6 Å². The van der Waals surface area contributed by atoms with Crippen molar-refractivity contribution in [2.24, 2.45) is 0 Å². The second kappa shape index (κ2) is 8.45. The topological polar surface area (TPSA) is 224 Å². The summed E-state index contributed by atoms with van der Waals surface area (Å²) in [6.45, 7) is 0. The van der Waals surface area contributed by atoms with E-state index in [4.69, 9.17) is 29.0 Å². The van der Waals surface area contributed by atoms with Crippen LogP contribution in [0, 0.1) is 0 Å². The van der Waals surface area contributed by atoms with E-state index < -0.39 is 58.7 Å². The Bertz CT molecular complexity index is 664. The minimum atomic E-state index is -5.33. The van der Waals surface area contributed by atoms with Crippen LogP contribution in [0.4, 0.5) is 0 Å². The van der Waals surface area contributed by atoms with Crippen LogP contribution in [-0.4, -0.2) is 70.5 Å². The first-order chi connectivity index (χ1) is 9.08. The Balaban J connectivity index is 0. The SMILES string of the molecule is O=S(=O)(O)C(O)CC=C(C(O)S(=O)(=O)O)C(O)S(=O)(=O)O.[Na+]. The van der Waals surface area contributed by atoms with E-state index in [0.717, 1.165) is 0 Å². The van der Waals surface area contributed by atoms with E-state index >= 15 is 0 Å². The molecule has 0 aromatic heterocycles. The molecular weight excluding hydrogens is 383 g/mol. The molecule has 0 amide bonds. The average molecular weight is 395 g/mol. The van der Waals surface area contributed by atoms with Crippen molar-refractivity contribution in [3.05, 3.63) is 11.6 Å². The van der Waals surface area contributed by atoms with Gasteiger partial charge in [0.15, 0.2) is 5.44 Å². The van der Waals surface area contributed by atoms with Gasteiger partial charge in [0.05, 0.1) is 0 Å². The summed E-state index contributed by atoms with van der Waals surface area (Å²) < 4.78 is 89.3. The van der Waals surface area contributed by atoms with Crippen LogP contribution < -0.4 is 29.6 Å². The van der Waals surface area contributed by atoms with Crippen molar-refractivity contribution in [3.63, 3.8) is 0 Å². The molecule has 0 aliphatic heterocycles. The van der Waals surface area contributed by atoms with E-state index in [1.807, 2.05) is 0 Å². The molecule has 126 valence electrons. The summed E-state index contributed by atoms with van der Waals surface area (Å²) in [6, 6.07) is 0. The van der Waals surface area contributed by atoms with E-state index in [1.165, 1.54) is 0 Å². The molecule has 6 N–H and O–H groups in total. The van der Waals surface area contributed by atoms with Crippen molar-refractivity contribution >= 4 is 30.4 Å². The van der Waals surface area contributed by atoms with Crippen molar-refractivity contribution in [1.82, 2.24) is 0 Å². The molecule has 0 saturated carbocycles. The molecule has 3 unspecified atom stereocenters. The van der Waals surface area contributed by atoms with Gasteiger partial charge < -0.3 is 15.3 Å². The summed E-state index contributed by atoms with van der Waals surface area (Å²) in [6.07, 6.45) is -0.956. The van der Waals surface area contributed by atoms with Crippen LogP contribution in [0.3, 0.4) is 0 Å². The Labute approximate surface area is 148 Å². The smallest absolute Gasteiger partial charge is 0.375 e. The molecule has 0 heterocycles. The van der Waals surface area contributed by atoms with E-state index in [1.54, 1.807) is 0 Å². The zero-order valence-corrected chi connectivity index (χ0v) is 15.3. The van der Waals surface area contributed by atoms with Crippen LogP contribution in [0.5, 0.6) is 0 Å². The quantitative estimate of drug-likeness (QED) is 0.135. The molecule has 0 spiro atoms. The summed E-state index contributed by atoms with van der Waals surface area (Å²) in [5, 5.41) is 27.3. The second-order valence-corrected chi connectivity index (χ2v) is 8.17. The fourth-order valence-electron chi connectivity index (χ4n) is 1.03. The minimum Gasteiger partial charge on any atom is -0.375 e. The first-order valence-corrected chi connectivity index (χ1v) is 9.22. The number of rotatable bonds is 7. The Morgan fingerprint density at radius 3 is 1.32 bits per heavy atom. The first-order valence-electron chi connectivity index (χ1n) is 4.71. The standard InChI is InChI=1S/C6H12O12S3.Na/c7-4(19(10,11)12)2-1-3(5(8)20(13,14)15)6(9)21(16,17)18;/h1,4-9H,2H2,(H,10,11,12)(H,13,14,15)(H,16,17,18);/q;+1. The van der Waals surface area contributed by atoms with Gasteiger partial charge in [0, 0.05) is 12.0 Å². The summed E-state index contributed by atoms with van der Waals surface area (Å²) >= 11 is 0. The predicted molar refractivity (Wildman–Crippen MR) is 65.4 cm³/mol. The number of hydrogen-bond acceptors (Lipinski definition) is 9. The van der Waals surface area contributed by atoms with Crippen molar-refractivity contribution < 1.29 is 83.8 Å². The monoisotopic (exact) mass is 395 g/mol. The van der Waals surface area contributed by atoms with Gasteiger partial charge in [0.25, 0.3) is 30.4 Å². The Morgan fingerprint density at radius 1 is 0.773 bits per heavy atom. The molecule has 3 atom stereocenters. The molecule has 0 aromatic carbocycles. The molecular formula is C6H12NaO12S3+. The van der Waals surface area contributed by atoms with Crippen LogP contribution in [0.25, 0.3) is 0 Å². The van der Waals surface area contributed by atoms with Gasteiger partial charge in [0.2, 0.25) is 10.9 Å². The Hall–Kier alpha value is 0.350. The van der Waals surface area contributed by atoms with Crippen LogP contribution in [0.2, 0.25) is 0 Å². The van der Waals surface area contributed by atoms with Crippen molar-refractivity contribution in [2.75, 3.05) is 0 Å². The van der Waals surface area contributed by atoms with Gasteiger partial charge in [-0.25, -0.2) is 0 Å². The molecule has 0 saturated heterocycles. The number of aliphatic hydroxyl groups is 3. The maximum Gasteiger partial charge on any atom is 1.00 e. The van der Waals surface area contributed by atoms with Crippen LogP contribution in [0.15, 0.2) is 11.6 Å². The normalized spacial score (nSPS) is 17.0. The van der Waals surface area contributed by atoms with Crippen molar-refractivity contribution in [1.29, 1.82) is 0 Å². The zero-order chi connectivity index (χ0) is 17.2. The maximum atomic E-state index is 10.7. The molecule has 0 aromatic rings. The molecule has 16 heteroatoms. The Morgan fingerprint density at radius 2 is 1.09 bits per heavy atom. The van der Waals surface area contributed by atoms with Gasteiger partial charge in [-0.05, 0) is 0 Å². The summed E-state index contributed by atoms with van der Waals surface area (Å²) in [5.41, 5.74) is -10.0. The predicted octanol–water partition coefficient (Wildman–Crippen LogP) is -6.07. The van der Waals surface area contributed by atoms with Crippen LogP contribution >= 0.6 is 0 Å². The third-order valence-electron chi connectivity index (χ3n) is 2.03. The largest absolute Gasteiger partial charge is 1.00 e. The van der Waals surface area contributed by atoms with E-state index in [2.05, 4.69) is 0 Å². The molecule has 0 bridgehead atoms. The fraction of sp³-hybridized carbons (Fsp3) is 0.667. The van der Waals surface area contributed by atoms with E-state index in [9.17, 15) is 25.3 Å². The van der Waals surface area contributed by atoms with E-state index in [-0.39, 0.29) is 35.6 Å². The van der Waals surface area contributed by atoms with E-state index in [0.29, 0.717) is 0 Å². The molecule has 0 aliphatic rings. The fourth-order valence-corrected chi connectivity index (χ4v) is 2.59. The van der Waals surface area contributed by atoms with Gasteiger partial charge in [-0.15, -0.1) is 0 Å². The zero-order valence-electron chi connectivity index (χ0n) is 10.9. The number of aliphatic hydroxyl groups excluding tert-OH is 3. The molecule has 0 rings (SSSR count). The maximum absolute atomic E-state index is 10.7. The summed E-state index contributed by atoms with van der Waals surface area (Å²) in [5.74, 6) is 0. The first kappa shape index (κ1) is 24.6. The van der Waals surface area contributed by atoms with Crippen molar-refractivity contribution in [2.45, 2.75) is 22.7 Å². The molecule has 0 fully saturated rings. The van der Waals surface area contributed by atoms with Gasteiger partial charge in [-0.3, -0.25) is 13.7 Å². The van der Waals surface area contributed by atoms with Crippen molar-refractivity contribution in [3.8, 4) is 0 Å². The summed E-state index contributed by atoms with van der Waals surface area (Å²) in [4.78, 5) is 0. The summed E-state index contributed by atoms with van der Waals surface area (Å²) in [7, 11) is -15.7. The third-order valence-corrected chi connectivity index (χ3v) is 4.59. The minimum absolute atomic E-state index is 0. The third kappa shape index (κ3) is 7.75. The van der Waals surface area contributed by atoms with Crippen LogP contribution in [-0.2, 0) is 30.4 Å². The van der Waals surface area contributed by atoms with Gasteiger partial charge in [0.1, 0.15) is 0 Å². The molecule has 0 aliphatic carbocycles. The second-order valence-electron chi connectivity index (χ2n) is 3.64. The molecule has 0 radical (unpaired) electrons. The van der Waals surface area contributed by atoms with Gasteiger partial charge in [-0.1, -0.05) is 6.08 Å².